The maximum absolute atomic E-state index is 13.8. The zero-order chi connectivity index (χ0) is 14.7. The minimum atomic E-state index is -0.160. The summed E-state index contributed by atoms with van der Waals surface area (Å²) in [5, 5.41) is 3.43. The maximum atomic E-state index is 13.8. The summed E-state index contributed by atoms with van der Waals surface area (Å²) >= 11 is 5.89. The van der Waals surface area contributed by atoms with E-state index in [0.29, 0.717) is 5.56 Å². The van der Waals surface area contributed by atoms with Crippen LogP contribution >= 0.6 is 38.5 Å². The van der Waals surface area contributed by atoms with Gasteiger partial charge in [0.25, 0.3) is 0 Å². The standard InChI is InChI=1S/C16H16BrFIN/c1-3-20-16(11-5-4-10(2)15(18)8-11)13-9-12(19)6-7-14(13)17/h4-9,16,20H,3H2,1-2H3. The van der Waals surface area contributed by atoms with E-state index in [-0.39, 0.29) is 11.9 Å². The van der Waals surface area contributed by atoms with Crippen LogP contribution in [-0.2, 0) is 0 Å². The van der Waals surface area contributed by atoms with Gasteiger partial charge in [0, 0.05) is 8.04 Å². The zero-order valence-electron chi connectivity index (χ0n) is 11.4. The number of hydrogen-bond acceptors (Lipinski definition) is 1. The molecule has 1 unspecified atom stereocenters. The molecule has 2 aromatic carbocycles. The highest BCUT2D eigenvalue weighted by atomic mass is 127. The molecule has 0 amide bonds. The molecule has 0 aliphatic carbocycles. The Morgan fingerprint density at radius 3 is 2.65 bits per heavy atom. The molecule has 0 bridgehead atoms. The van der Waals surface area contributed by atoms with Crippen molar-refractivity contribution in [1.29, 1.82) is 0 Å². The summed E-state index contributed by atoms with van der Waals surface area (Å²) in [6.07, 6.45) is 0. The van der Waals surface area contributed by atoms with Crippen molar-refractivity contribution in [1.82, 2.24) is 5.32 Å². The van der Waals surface area contributed by atoms with E-state index in [1.807, 2.05) is 24.3 Å². The van der Waals surface area contributed by atoms with Gasteiger partial charge in [-0.05, 0) is 77.0 Å². The first kappa shape index (κ1) is 15.9. The van der Waals surface area contributed by atoms with Gasteiger partial charge < -0.3 is 5.32 Å². The molecule has 0 spiro atoms. The lowest BCUT2D eigenvalue weighted by Crippen LogP contribution is -2.22. The Morgan fingerprint density at radius 2 is 2.00 bits per heavy atom. The fourth-order valence-corrected chi connectivity index (χ4v) is 3.13. The quantitative estimate of drug-likeness (QED) is 0.635. The molecule has 0 saturated heterocycles. The van der Waals surface area contributed by atoms with E-state index in [1.165, 1.54) is 0 Å². The van der Waals surface area contributed by atoms with Crippen molar-refractivity contribution in [2.45, 2.75) is 19.9 Å². The third-order valence-electron chi connectivity index (χ3n) is 3.21. The molecule has 2 rings (SSSR count). The van der Waals surface area contributed by atoms with Crippen LogP contribution in [-0.4, -0.2) is 6.54 Å². The lowest BCUT2D eigenvalue weighted by atomic mass is 9.97. The minimum Gasteiger partial charge on any atom is -0.306 e. The van der Waals surface area contributed by atoms with E-state index >= 15 is 0 Å². The molecule has 0 radical (unpaired) electrons. The van der Waals surface area contributed by atoms with E-state index in [2.05, 4.69) is 56.8 Å². The van der Waals surface area contributed by atoms with Crippen LogP contribution in [0.25, 0.3) is 0 Å². The molecule has 2 aromatic rings. The van der Waals surface area contributed by atoms with Crippen molar-refractivity contribution >= 4 is 38.5 Å². The lowest BCUT2D eigenvalue weighted by Gasteiger charge is -2.21. The van der Waals surface area contributed by atoms with Gasteiger partial charge >= 0.3 is 0 Å². The molecule has 0 fully saturated rings. The molecule has 1 nitrogen and oxygen atoms in total. The number of aryl methyl sites for hydroxylation is 1. The number of nitrogens with one attached hydrogen (secondary N) is 1. The van der Waals surface area contributed by atoms with Gasteiger partial charge in [-0.2, -0.15) is 0 Å². The van der Waals surface area contributed by atoms with Gasteiger partial charge in [-0.15, -0.1) is 0 Å². The van der Waals surface area contributed by atoms with Crippen LogP contribution in [0.2, 0.25) is 0 Å². The Bertz CT molecular complexity index is 615. The van der Waals surface area contributed by atoms with Gasteiger partial charge in [-0.1, -0.05) is 35.0 Å². The highest BCUT2D eigenvalue weighted by Gasteiger charge is 2.17. The van der Waals surface area contributed by atoms with Crippen LogP contribution in [0.5, 0.6) is 0 Å². The largest absolute Gasteiger partial charge is 0.306 e. The average Bonchev–Trinajstić information content (AvgIpc) is 2.42. The van der Waals surface area contributed by atoms with Crippen LogP contribution in [0.3, 0.4) is 0 Å². The second-order valence-electron chi connectivity index (χ2n) is 4.67. The van der Waals surface area contributed by atoms with E-state index < -0.39 is 0 Å². The topological polar surface area (TPSA) is 12.0 Å². The fraction of sp³-hybridized carbons (Fsp3) is 0.250. The van der Waals surface area contributed by atoms with Crippen molar-refractivity contribution in [2.75, 3.05) is 6.54 Å². The monoisotopic (exact) mass is 447 g/mol. The molecule has 1 N–H and O–H groups in total. The second kappa shape index (κ2) is 7.00. The third kappa shape index (κ3) is 3.59. The highest BCUT2D eigenvalue weighted by Crippen LogP contribution is 2.30. The van der Waals surface area contributed by atoms with Gasteiger partial charge in [0.15, 0.2) is 0 Å². The Balaban J connectivity index is 2.49. The average molecular weight is 448 g/mol. The Labute approximate surface area is 141 Å². The molecular formula is C16H16BrFIN. The first-order valence-corrected chi connectivity index (χ1v) is 8.34. The predicted molar refractivity (Wildman–Crippen MR) is 93.5 cm³/mol. The number of halogens is 3. The van der Waals surface area contributed by atoms with E-state index in [4.69, 9.17) is 0 Å². The first-order valence-electron chi connectivity index (χ1n) is 6.47. The second-order valence-corrected chi connectivity index (χ2v) is 6.77. The fourth-order valence-electron chi connectivity index (χ4n) is 2.14. The lowest BCUT2D eigenvalue weighted by molar-refractivity contribution is 0.596. The van der Waals surface area contributed by atoms with Gasteiger partial charge in [-0.3, -0.25) is 0 Å². The normalized spacial score (nSPS) is 12.4. The van der Waals surface area contributed by atoms with Crippen molar-refractivity contribution in [2.24, 2.45) is 0 Å². The smallest absolute Gasteiger partial charge is 0.126 e. The molecule has 0 heterocycles. The molecular weight excluding hydrogens is 432 g/mol. The SMILES string of the molecule is CCNC(c1ccc(C)c(F)c1)c1cc(I)ccc1Br. The van der Waals surface area contributed by atoms with Crippen molar-refractivity contribution in [3.63, 3.8) is 0 Å². The van der Waals surface area contributed by atoms with E-state index in [0.717, 1.165) is 25.7 Å². The molecule has 4 heteroatoms. The van der Waals surface area contributed by atoms with Crippen LogP contribution < -0.4 is 5.32 Å². The van der Waals surface area contributed by atoms with Gasteiger partial charge in [0.2, 0.25) is 0 Å². The predicted octanol–water partition coefficient (Wildman–Crippen LogP) is 5.20. The summed E-state index contributed by atoms with van der Waals surface area (Å²) in [5.74, 6) is -0.160. The first-order chi connectivity index (χ1) is 9.52. The minimum absolute atomic E-state index is 0.0146. The molecule has 0 aromatic heterocycles. The summed E-state index contributed by atoms with van der Waals surface area (Å²) in [6, 6.07) is 11.6. The zero-order valence-corrected chi connectivity index (χ0v) is 15.1. The van der Waals surface area contributed by atoms with Crippen LogP contribution in [0.1, 0.15) is 29.7 Å². The maximum Gasteiger partial charge on any atom is 0.126 e. The van der Waals surface area contributed by atoms with Crippen molar-refractivity contribution in [3.8, 4) is 0 Å². The van der Waals surface area contributed by atoms with Gasteiger partial charge in [0.1, 0.15) is 5.82 Å². The van der Waals surface area contributed by atoms with Crippen molar-refractivity contribution in [3.05, 3.63) is 66.9 Å². The number of benzene rings is 2. The molecule has 1 atom stereocenters. The summed E-state index contributed by atoms with van der Waals surface area (Å²) in [6.45, 7) is 4.65. The summed E-state index contributed by atoms with van der Waals surface area (Å²) in [4.78, 5) is 0. The highest BCUT2D eigenvalue weighted by molar-refractivity contribution is 14.1. The summed E-state index contributed by atoms with van der Waals surface area (Å²) < 4.78 is 16.0. The third-order valence-corrected chi connectivity index (χ3v) is 4.60. The summed E-state index contributed by atoms with van der Waals surface area (Å²) in [5.41, 5.74) is 2.74. The van der Waals surface area contributed by atoms with E-state index in [1.54, 1.807) is 13.0 Å². The molecule has 0 saturated carbocycles. The van der Waals surface area contributed by atoms with E-state index in [9.17, 15) is 4.39 Å². The Kier molecular flexibility index (Phi) is 5.57. The Hall–Kier alpha value is -0.460. The molecule has 0 aliphatic rings. The Morgan fingerprint density at radius 1 is 1.25 bits per heavy atom. The van der Waals surface area contributed by atoms with Crippen molar-refractivity contribution < 1.29 is 4.39 Å². The summed E-state index contributed by atoms with van der Waals surface area (Å²) in [7, 11) is 0. The van der Waals surface area contributed by atoms with Crippen LogP contribution in [0.15, 0.2) is 40.9 Å². The molecule has 0 aliphatic heterocycles. The number of hydrogen-bond donors (Lipinski definition) is 1. The molecule has 20 heavy (non-hydrogen) atoms. The van der Waals surface area contributed by atoms with Gasteiger partial charge in [0.05, 0.1) is 6.04 Å². The molecule has 106 valence electrons. The van der Waals surface area contributed by atoms with Crippen LogP contribution in [0, 0.1) is 16.3 Å². The van der Waals surface area contributed by atoms with Crippen LogP contribution in [0.4, 0.5) is 4.39 Å². The van der Waals surface area contributed by atoms with Gasteiger partial charge in [-0.25, -0.2) is 4.39 Å². The number of rotatable bonds is 4.